The number of nitrogen functional groups attached to an aromatic ring is 1. The Bertz CT molecular complexity index is 1200. The summed E-state index contributed by atoms with van der Waals surface area (Å²) >= 11 is 0. The zero-order valence-electron chi connectivity index (χ0n) is 31.9. The van der Waals surface area contributed by atoms with Crippen LogP contribution in [0.3, 0.4) is 0 Å². The fraction of sp³-hybridized carbons (Fsp3) is 0.659. The maximum atomic E-state index is 12.3. The highest BCUT2D eigenvalue weighted by molar-refractivity contribution is 5.45. The first-order chi connectivity index (χ1) is 23.3. The number of anilines is 1. The van der Waals surface area contributed by atoms with Gasteiger partial charge in [-0.3, -0.25) is 4.57 Å². The van der Waals surface area contributed by atoms with Gasteiger partial charge in [0.25, 0.3) is 0 Å². The largest absolute Gasteiger partial charge is 0.389 e. The van der Waals surface area contributed by atoms with E-state index >= 15 is 0 Å². The average molecular weight is 681 g/mol. The summed E-state index contributed by atoms with van der Waals surface area (Å²) in [5, 5.41) is 10.4. The third kappa shape index (κ3) is 21.4. The van der Waals surface area contributed by atoms with Crippen LogP contribution in [0.1, 0.15) is 130 Å². The zero-order valence-corrected chi connectivity index (χ0v) is 31.9. The molecule has 0 aliphatic carbocycles. The van der Waals surface area contributed by atoms with Crippen LogP contribution in [-0.4, -0.2) is 42.4 Å². The molecule has 1 unspecified atom stereocenters. The predicted molar refractivity (Wildman–Crippen MR) is 212 cm³/mol. The minimum absolute atomic E-state index is 0.183. The van der Waals surface area contributed by atoms with Crippen LogP contribution in [0.15, 0.2) is 72.6 Å². The minimum atomic E-state index is -0.374. The minimum Gasteiger partial charge on any atom is -0.389 e. The number of nitrogens with zero attached hydrogens (tertiary/aromatic N) is 2. The first kappa shape index (κ1) is 43.8. The first-order valence-corrected chi connectivity index (χ1v) is 18.9. The Morgan fingerprint density at radius 3 is 2.04 bits per heavy atom. The van der Waals surface area contributed by atoms with Crippen LogP contribution in [0.25, 0.3) is 5.70 Å². The van der Waals surface area contributed by atoms with Crippen molar-refractivity contribution in [1.29, 1.82) is 0 Å². The summed E-state index contributed by atoms with van der Waals surface area (Å²) in [4.78, 5) is 16.2. The molecule has 1 heterocycles. The molecule has 1 aromatic rings. The molecule has 1 aromatic heterocycles. The average Bonchev–Trinajstić information content (AvgIpc) is 3.04. The van der Waals surface area contributed by atoms with Gasteiger partial charge in [0.1, 0.15) is 5.82 Å². The summed E-state index contributed by atoms with van der Waals surface area (Å²) < 4.78 is 7.29. The van der Waals surface area contributed by atoms with Gasteiger partial charge in [-0.1, -0.05) is 98.3 Å². The Kier molecular flexibility index (Phi) is 22.9. The summed E-state index contributed by atoms with van der Waals surface area (Å²) in [5.41, 5.74) is 10.8. The summed E-state index contributed by atoms with van der Waals surface area (Å²) in [6.45, 7) is 34.1. The molecule has 1 atom stereocenters. The molecule has 8 heteroatoms. The second kappa shape index (κ2) is 25.7. The van der Waals surface area contributed by atoms with E-state index in [1.807, 2.05) is 0 Å². The Labute approximate surface area is 299 Å². The Morgan fingerprint density at radius 2 is 1.37 bits per heavy atom. The van der Waals surface area contributed by atoms with Gasteiger partial charge in [-0.15, -0.1) is 0 Å². The smallest absolute Gasteiger partial charge is 0.353 e. The van der Waals surface area contributed by atoms with Crippen LogP contribution in [0.2, 0.25) is 0 Å². The normalized spacial score (nSPS) is 11.9. The van der Waals surface area contributed by atoms with Crippen molar-refractivity contribution < 1.29 is 4.74 Å². The number of rotatable bonds is 31. The summed E-state index contributed by atoms with van der Waals surface area (Å²) in [6, 6.07) is 1.64. The molecule has 0 radical (unpaired) electrons. The Hall–Kier alpha value is -3.26. The third-order valence-corrected chi connectivity index (χ3v) is 9.07. The van der Waals surface area contributed by atoms with Crippen molar-refractivity contribution in [3.63, 3.8) is 0 Å². The van der Waals surface area contributed by atoms with Crippen LogP contribution >= 0.6 is 0 Å². The maximum absolute atomic E-state index is 12.3. The van der Waals surface area contributed by atoms with E-state index in [0.717, 1.165) is 133 Å². The second-order valence-corrected chi connectivity index (χ2v) is 14.5. The number of ether oxygens (including phenoxy) is 1. The highest BCUT2D eigenvalue weighted by Crippen LogP contribution is 2.28. The molecule has 0 fully saturated rings. The molecule has 0 spiro atoms. The van der Waals surface area contributed by atoms with Crippen LogP contribution in [0.5, 0.6) is 0 Å². The molecule has 1 rings (SSSR count). The summed E-state index contributed by atoms with van der Waals surface area (Å²) in [5.74, 6) is 0.411. The van der Waals surface area contributed by atoms with E-state index in [1.54, 1.807) is 12.3 Å². The fourth-order valence-corrected chi connectivity index (χ4v) is 5.52. The topological polar surface area (TPSA) is 106 Å². The van der Waals surface area contributed by atoms with Gasteiger partial charge in [-0.25, -0.2) is 4.79 Å². The van der Waals surface area contributed by atoms with Crippen molar-refractivity contribution in [2.45, 2.75) is 130 Å². The molecule has 0 aliphatic heterocycles. The highest BCUT2D eigenvalue weighted by atomic mass is 16.5. The molecule has 0 aromatic carbocycles. The maximum Gasteiger partial charge on any atom is 0.353 e. The van der Waals surface area contributed by atoms with Crippen molar-refractivity contribution in [3.05, 3.63) is 78.3 Å². The molecule has 0 bridgehead atoms. The van der Waals surface area contributed by atoms with E-state index < -0.39 is 0 Å². The standard InChI is InChI=1S/C41H72N6O2/c1-10-11-23-38(37(6)47-30-26-39(42)46-40(47)48)25-24-36(5)44-28-19-22-35(4)43-27-17-14-12-13-15-21-34(3)45-29-32-49-31-18-16-20-33(2)41(7,8)9/h26,30,38,43-45H,2-6,10-25,27-29,31-32H2,1,7-9H3,(H2,42,46,48). The van der Waals surface area contributed by atoms with E-state index in [0.29, 0.717) is 0 Å². The van der Waals surface area contributed by atoms with Gasteiger partial charge in [-0.2, -0.15) is 4.98 Å². The van der Waals surface area contributed by atoms with Gasteiger partial charge in [0.15, 0.2) is 0 Å². The monoisotopic (exact) mass is 681 g/mol. The molecule has 0 amide bonds. The summed E-state index contributed by atoms with van der Waals surface area (Å²) in [6.07, 6.45) is 18.9. The van der Waals surface area contributed by atoms with E-state index in [2.05, 4.69) is 81.5 Å². The lowest BCUT2D eigenvalue weighted by molar-refractivity contribution is 0.133. The molecule has 278 valence electrons. The van der Waals surface area contributed by atoms with Gasteiger partial charge in [0, 0.05) is 55.2 Å². The lowest BCUT2D eigenvalue weighted by Gasteiger charge is -2.21. The number of aromatic nitrogens is 2. The molecule has 5 N–H and O–H groups in total. The van der Waals surface area contributed by atoms with Crippen molar-refractivity contribution in [1.82, 2.24) is 25.5 Å². The van der Waals surface area contributed by atoms with E-state index in [9.17, 15) is 4.79 Å². The van der Waals surface area contributed by atoms with Gasteiger partial charge < -0.3 is 26.4 Å². The van der Waals surface area contributed by atoms with Crippen molar-refractivity contribution >= 4 is 11.5 Å². The molecule has 8 nitrogen and oxygen atoms in total. The van der Waals surface area contributed by atoms with Gasteiger partial charge >= 0.3 is 5.69 Å². The number of hydrogen-bond acceptors (Lipinski definition) is 7. The fourth-order valence-electron chi connectivity index (χ4n) is 5.52. The van der Waals surface area contributed by atoms with Crippen LogP contribution in [-0.2, 0) is 4.74 Å². The first-order valence-electron chi connectivity index (χ1n) is 18.9. The number of unbranched alkanes of at least 4 members (excludes halogenated alkanes) is 6. The number of hydrogen-bond donors (Lipinski definition) is 4. The highest BCUT2D eigenvalue weighted by Gasteiger charge is 2.16. The predicted octanol–water partition coefficient (Wildman–Crippen LogP) is 9.10. The van der Waals surface area contributed by atoms with Gasteiger partial charge in [-0.05, 0) is 88.0 Å². The van der Waals surface area contributed by atoms with Crippen LogP contribution in [0.4, 0.5) is 5.82 Å². The van der Waals surface area contributed by atoms with Crippen molar-refractivity contribution in [3.8, 4) is 0 Å². The third-order valence-electron chi connectivity index (χ3n) is 9.07. The van der Waals surface area contributed by atoms with Crippen LogP contribution in [0, 0.1) is 11.3 Å². The van der Waals surface area contributed by atoms with Crippen LogP contribution < -0.4 is 27.4 Å². The quantitative estimate of drug-likeness (QED) is 0.0458. The molecular weight excluding hydrogens is 608 g/mol. The number of nitrogens with one attached hydrogen (secondary N) is 3. The van der Waals surface area contributed by atoms with Crippen molar-refractivity contribution in [2.75, 3.05) is 38.6 Å². The molecule has 0 saturated carbocycles. The summed E-state index contributed by atoms with van der Waals surface area (Å²) in [7, 11) is 0. The Morgan fingerprint density at radius 1 is 0.776 bits per heavy atom. The zero-order chi connectivity index (χ0) is 36.5. The second-order valence-electron chi connectivity index (χ2n) is 14.5. The number of nitrogens with two attached hydrogens (primary N) is 1. The van der Waals surface area contributed by atoms with Crippen molar-refractivity contribution in [2.24, 2.45) is 11.3 Å². The van der Waals surface area contributed by atoms with E-state index in [1.165, 1.54) is 35.8 Å². The number of allylic oxidation sites excluding steroid dienone is 5. The van der Waals surface area contributed by atoms with E-state index in [-0.39, 0.29) is 22.8 Å². The molecule has 0 saturated heterocycles. The molecular formula is C41H72N6O2. The lowest BCUT2D eigenvalue weighted by Crippen LogP contribution is -2.25. The lowest BCUT2D eigenvalue weighted by atomic mass is 9.85. The van der Waals surface area contributed by atoms with Gasteiger partial charge in [0.05, 0.1) is 6.61 Å². The molecule has 49 heavy (non-hydrogen) atoms. The van der Waals surface area contributed by atoms with Gasteiger partial charge in [0.2, 0.25) is 0 Å². The molecule has 0 aliphatic rings. The SMILES string of the molecule is C=C(CCCNC(=C)CCC(CCCC)C(=C)n1ccc(N)nc1=O)NCCCCCCCC(=C)NCCOCCCCC(=C)C(C)(C)C. The Balaban J connectivity index is 2.03. The van der Waals surface area contributed by atoms with E-state index in [4.69, 9.17) is 10.5 Å².